The second-order valence-corrected chi connectivity index (χ2v) is 3.88. The molecule has 0 aliphatic carbocycles. The number of carbonyl (C=O) groups excluding carboxylic acids is 1. The molecular formula is C13H15N3O. The molecule has 0 spiro atoms. The molecular weight excluding hydrogens is 214 g/mol. The van der Waals surface area contributed by atoms with Gasteiger partial charge in [0, 0.05) is 19.7 Å². The van der Waals surface area contributed by atoms with Crippen molar-refractivity contribution in [2.24, 2.45) is 7.05 Å². The molecule has 0 bridgehead atoms. The van der Waals surface area contributed by atoms with Crippen molar-refractivity contribution in [3.05, 3.63) is 47.3 Å². The summed E-state index contributed by atoms with van der Waals surface area (Å²) in [5.74, 6) is -0.0157. The van der Waals surface area contributed by atoms with E-state index in [0.717, 1.165) is 11.4 Å². The Hall–Kier alpha value is -2.10. The number of rotatable bonds is 3. The quantitative estimate of drug-likeness (QED) is 0.819. The summed E-state index contributed by atoms with van der Waals surface area (Å²) in [6, 6.07) is 9.23. The van der Waals surface area contributed by atoms with E-state index in [1.165, 1.54) is 0 Å². The van der Waals surface area contributed by atoms with Crippen LogP contribution in [-0.2, 0) is 7.05 Å². The molecule has 2 rings (SSSR count). The van der Waals surface area contributed by atoms with Crippen molar-refractivity contribution in [2.75, 3.05) is 12.4 Å². The second kappa shape index (κ2) is 4.41. The van der Waals surface area contributed by atoms with Crippen molar-refractivity contribution in [3.8, 4) is 0 Å². The molecule has 0 saturated carbocycles. The summed E-state index contributed by atoms with van der Waals surface area (Å²) < 4.78 is 1.62. The van der Waals surface area contributed by atoms with Crippen molar-refractivity contribution < 1.29 is 4.79 Å². The lowest BCUT2D eigenvalue weighted by atomic mass is 10.1. The molecule has 0 amide bonds. The predicted octanol–water partition coefficient (Wildman–Crippen LogP) is 2.00. The summed E-state index contributed by atoms with van der Waals surface area (Å²) in [6.07, 6.45) is 0. The molecule has 4 heteroatoms. The highest BCUT2D eigenvalue weighted by molar-refractivity contribution is 6.11. The lowest BCUT2D eigenvalue weighted by Gasteiger charge is -2.05. The van der Waals surface area contributed by atoms with Gasteiger partial charge < -0.3 is 5.32 Å². The molecule has 0 atom stereocenters. The van der Waals surface area contributed by atoms with E-state index in [-0.39, 0.29) is 5.78 Å². The molecule has 88 valence electrons. The molecule has 2 aromatic rings. The molecule has 17 heavy (non-hydrogen) atoms. The van der Waals surface area contributed by atoms with E-state index in [4.69, 9.17) is 0 Å². The third-order valence-electron chi connectivity index (χ3n) is 2.72. The van der Waals surface area contributed by atoms with Gasteiger partial charge in [0.1, 0.15) is 5.69 Å². The number of hydrogen-bond donors (Lipinski definition) is 1. The van der Waals surface area contributed by atoms with Gasteiger partial charge in [0.25, 0.3) is 0 Å². The Kier molecular flexibility index (Phi) is 2.95. The summed E-state index contributed by atoms with van der Waals surface area (Å²) in [4.78, 5) is 12.4. The van der Waals surface area contributed by atoms with Crippen LogP contribution in [0.3, 0.4) is 0 Å². The maximum atomic E-state index is 12.4. The van der Waals surface area contributed by atoms with Gasteiger partial charge in [-0.2, -0.15) is 5.10 Å². The Labute approximate surface area is 100 Å². The van der Waals surface area contributed by atoms with Crippen molar-refractivity contribution in [1.82, 2.24) is 9.78 Å². The van der Waals surface area contributed by atoms with Crippen LogP contribution in [0.25, 0.3) is 0 Å². The van der Waals surface area contributed by atoms with Crippen molar-refractivity contribution in [3.63, 3.8) is 0 Å². The van der Waals surface area contributed by atoms with Gasteiger partial charge in [0.15, 0.2) is 0 Å². The molecule has 1 N–H and O–H groups in total. The number of aryl methyl sites for hydroxylation is 2. The first kappa shape index (κ1) is 11.4. The Morgan fingerprint density at radius 1 is 1.29 bits per heavy atom. The normalized spacial score (nSPS) is 10.3. The van der Waals surface area contributed by atoms with Crippen molar-refractivity contribution in [2.45, 2.75) is 6.92 Å². The molecule has 0 fully saturated rings. The number of ketones is 1. The van der Waals surface area contributed by atoms with Gasteiger partial charge >= 0.3 is 0 Å². The molecule has 1 aromatic carbocycles. The zero-order valence-corrected chi connectivity index (χ0v) is 10.2. The van der Waals surface area contributed by atoms with Gasteiger partial charge in [0.2, 0.25) is 5.78 Å². The predicted molar refractivity (Wildman–Crippen MR) is 67.4 cm³/mol. The first-order valence-electron chi connectivity index (χ1n) is 5.46. The van der Waals surface area contributed by atoms with E-state index in [2.05, 4.69) is 10.4 Å². The van der Waals surface area contributed by atoms with Gasteiger partial charge in [-0.1, -0.05) is 30.3 Å². The van der Waals surface area contributed by atoms with Crippen LogP contribution in [0.4, 0.5) is 5.69 Å². The lowest BCUT2D eigenvalue weighted by Crippen LogP contribution is -2.10. The average molecular weight is 229 g/mol. The first-order chi connectivity index (χ1) is 8.15. The fourth-order valence-electron chi connectivity index (χ4n) is 1.94. The molecule has 0 aliphatic heterocycles. The molecule has 0 saturated heterocycles. The molecule has 0 unspecified atom stereocenters. The fraction of sp³-hybridized carbons (Fsp3) is 0.231. The Balaban J connectivity index is 2.51. The highest BCUT2D eigenvalue weighted by atomic mass is 16.1. The van der Waals surface area contributed by atoms with Crippen LogP contribution >= 0.6 is 0 Å². The van der Waals surface area contributed by atoms with Gasteiger partial charge in [0.05, 0.1) is 11.4 Å². The number of anilines is 1. The van der Waals surface area contributed by atoms with Gasteiger partial charge in [-0.3, -0.25) is 9.48 Å². The van der Waals surface area contributed by atoms with Crippen LogP contribution in [0, 0.1) is 6.92 Å². The SMILES string of the molecule is CNc1c(C)nn(C)c1C(=O)c1ccccc1. The number of nitrogens with one attached hydrogen (secondary N) is 1. The minimum Gasteiger partial charge on any atom is -0.385 e. The highest BCUT2D eigenvalue weighted by Gasteiger charge is 2.20. The van der Waals surface area contributed by atoms with E-state index < -0.39 is 0 Å². The maximum Gasteiger partial charge on any atom is 0.213 e. The number of carbonyl (C=O) groups is 1. The van der Waals surface area contributed by atoms with E-state index in [9.17, 15) is 4.79 Å². The summed E-state index contributed by atoms with van der Waals surface area (Å²) in [5.41, 5.74) is 2.89. The zero-order valence-electron chi connectivity index (χ0n) is 10.2. The third kappa shape index (κ3) is 1.93. The second-order valence-electron chi connectivity index (χ2n) is 3.88. The van der Waals surface area contributed by atoms with Gasteiger partial charge in [-0.15, -0.1) is 0 Å². The standard InChI is InChI=1S/C13H15N3O/c1-9-11(14-2)12(16(3)15-9)13(17)10-7-5-4-6-8-10/h4-8,14H,1-3H3. The Morgan fingerprint density at radius 2 is 1.94 bits per heavy atom. The minimum absolute atomic E-state index is 0.0157. The highest BCUT2D eigenvalue weighted by Crippen LogP contribution is 2.21. The number of aromatic nitrogens is 2. The summed E-state index contributed by atoms with van der Waals surface area (Å²) in [5, 5.41) is 7.29. The zero-order chi connectivity index (χ0) is 12.4. The molecule has 1 heterocycles. The largest absolute Gasteiger partial charge is 0.385 e. The van der Waals surface area contributed by atoms with Crippen LogP contribution in [0.1, 0.15) is 21.7 Å². The minimum atomic E-state index is -0.0157. The van der Waals surface area contributed by atoms with Crippen LogP contribution < -0.4 is 5.32 Å². The van der Waals surface area contributed by atoms with Crippen LogP contribution in [-0.4, -0.2) is 22.6 Å². The van der Waals surface area contributed by atoms with E-state index in [1.807, 2.05) is 37.3 Å². The lowest BCUT2D eigenvalue weighted by molar-refractivity contribution is 0.103. The van der Waals surface area contributed by atoms with E-state index in [0.29, 0.717) is 11.3 Å². The van der Waals surface area contributed by atoms with Gasteiger partial charge in [-0.25, -0.2) is 0 Å². The van der Waals surface area contributed by atoms with E-state index in [1.54, 1.807) is 18.8 Å². The third-order valence-corrected chi connectivity index (χ3v) is 2.72. The monoisotopic (exact) mass is 229 g/mol. The molecule has 4 nitrogen and oxygen atoms in total. The molecule has 0 radical (unpaired) electrons. The smallest absolute Gasteiger partial charge is 0.213 e. The van der Waals surface area contributed by atoms with E-state index >= 15 is 0 Å². The topological polar surface area (TPSA) is 46.9 Å². The molecule has 0 aliphatic rings. The first-order valence-corrected chi connectivity index (χ1v) is 5.46. The number of nitrogens with zero attached hydrogens (tertiary/aromatic N) is 2. The summed E-state index contributed by atoms with van der Waals surface area (Å²) in [6.45, 7) is 1.88. The number of benzene rings is 1. The van der Waals surface area contributed by atoms with Crippen LogP contribution in [0.2, 0.25) is 0 Å². The van der Waals surface area contributed by atoms with Crippen molar-refractivity contribution in [1.29, 1.82) is 0 Å². The molecule has 1 aromatic heterocycles. The van der Waals surface area contributed by atoms with Gasteiger partial charge in [-0.05, 0) is 6.92 Å². The summed E-state index contributed by atoms with van der Waals surface area (Å²) in [7, 11) is 3.58. The van der Waals surface area contributed by atoms with Crippen molar-refractivity contribution >= 4 is 11.5 Å². The fourth-order valence-corrected chi connectivity index (χ4v) is 1.94. The number of hydrogen-bond acceptors (Lipinski definition) is 3. The van der Waals surface area contributed by atoms with Crippen LogP contribution in [0.5, 0.6) is 0 Å². The maximum absolute atomic E-state index is 12.4. The average Bonchev–Trinajstić information content (AvgIpc) is 2.63. The van der Waals surface area contributed by atoms with Crippen LogP contribution in [0.15, 0.2) is 30.3 Å². The Bertz CT molecular complexity index is 543. The Morgan fingerprint density at radius 3 is 2.53 bits per heavy atom. The summed E-state index contributed by atoms with van der Waals surface area (Å²) >= 11 is 0.